The molecule has 0 radical (unpaired) electrons. The number of halogens is 2. The van der Waals surface area contributed by atoms with Gasteiger partial charge in [0, 0.05) is 5.02 Å². The Morgan fingerprint density at radius 1 is 1.32 bits per heavy atom. The smallest absolute Gasteiger partial charge is 0.232 e. The summed E-state index contributed by atoms with van der Waals surface area (Å²) in [6.07, 6.45) is 1.68. The third-order valence-corrected chi connectivity index (χ3v) is 4.72. The molecule has 0 unspecified atom stereocenters. The minimum absolute atomic E-state index is 0.0583. The van der Waals surface area contributed by atoms with E-state index in [1.165, 1.54) is 6.07 Å². The third kappa shape index (κ3) is 4.63. The lowest BCUT2D eigenvalue weighted by atomic mass is 10.0. The van der Waals surface area contributed by atoms with E-state index in [9.17, 15) is 12.8 Å². The van der Waals surface area contributed by atoms with Crippen LogP contribution < -0.4 is 10.0 Å². The van der Waals surface area contributed by atoms with Gasteiger partial charge >= 0.3 is 0 Å². The number of nitrogens with one attached hydrogen (secondary N) is 2. The molecular weight excluding hydrogens is 291 g/mol. The first-order valence-electron chi connectivity index (χ1n) is 6.12. The Morgan fingerprint density at radius 2 is 2.00 bits per heavy atom. The zero-order valence-corrected chi connectivity index (χ0v) is 11.9. The van der Waals surface area contributed by atoms with Gasteiger partial charge in [0.15, 0.2) is 0 Å². The van der Waals surface area contributed by atoms with Crippen LogP contribution in [-0.4, -0.2) is 27.3 Å². The summed E-state index contributed by atoms with van der Waals surface area (Å²) < 4.78 is 39.5. The van der Waals surface area contributed by atoms with Crippen molar-refractivity contribution in [1.29, 1.82) is 0 Å². The first kappa shape index (κ1) is 14.6. The summed E-state index contributed by atoms with van der Waals surface area (Å²) >= 11 is 5.69. The van der Waals surface area contributed by atoms with Crippen molar-refractivity contribution in [3.8, 4) is 0 Å². The third-order valence-electron chi connectivity index (χ3n) is 3.05. The average molecular weight is 307 g/mol. The highest BCUT2D eigenvalue weighted by atomic mass is 35.5. The molecule has 1 aromatic rings. The highest BCUT2D eigenvalue weighted by molar-refractivity contribution is 7.92. The summed E-state index contributed by atoms with van der Waals surface area (Å²) in [5.41, 5.74) is 0.166. The van der Waals surface area contributed by atoms with Gasteiger partial charge in [-0.05, 0) is 50.0 Å². The van der Waals surface area contributed by atoms with Gasteiger partial charge in [-0.25, -0.2) is 12.8 Å². The molecule has 0 bridgehead atoms. The van der Waals surface area contributed by atoms with E-state index in [-0.39, 0.29) is 22.4 Å². The van der Waals surface area contributed by atoms with Gasteiger partial charge in [-0.1, -0.05) is 11.6 Å². The number of sulfonamides is 1. The molecule has 4 nitrogen and oxygen atoms in total. The van der Waals surface area contributed by atoms with Gasteiger partial charge in [0.1, 0.15) is 5.82 Å². The van der Waals surface area contributed by atoms with Crippen LogP contribution in [0, 0.1) is 11.7 Å². The lowest BCUT2D eigenvalue weighted by molar-refractivity contribution is 0.402. The summed E-state index contributed by atoms with van der Waals surface area (Å²) in [7, 11) is -3.47. The summed E-state index contributed by atoms with van der Waals surface area (Å²) in [5.74, 6) is -0.363. The van der Waals surface area contributed by atoms with Crippen LogP contribution in [-0.2, 0) is 10.0 Å². The molecule has 19 heavy (non-hydrogen) atoms. The predicted molar refractivity (Wildman–Crippen MR) is 74.4 cm³/mol. The van der Waals surface area contributed by atoms with Gasteiger partial charge in [0.25, 0.3) is 0 Å². The topological polar surface area (TPSA) is 58.2 Å². The van der Waals surface area contributed by atoms with Crippen LogP contribution in [0.25, 0.3) is 0 Å². The highest BCUT2D eigenvalue weighted by Crippen LogP contribution is 2.21. The minimum atomic E-state index is -3.47. The van der Waals surface area contributed by atoms with E-state index in [1.54, 1.807) is 0 Å². The molecule has 0 spiro atoms. The molecule has 2 N–H and O–H groups in total. The zero-order valence-electron chi connectivity index (χ0n) is 10.3. The summed E-state index contributed by atoms with van der Waals surface area (Å²) in [4.78, 5) is 0. The monoisotopic (exact) mass is 306 g/mol. The zero-order chi connectivity index (χ0) is 13.9. The van der Waals surface area contributed by atoms with Crippen molar-refractivity contribution in [2.45, 2.75) is 12.8 Å². The lowest BCUT2D eigenvalue weighted by Gasteiger charge is -2.22. The Labute approximate surface area is 117 Å². The van der Waals surface area contributed by atoms with E-state index in [0.717, 1.165) is 38.1 Å². The molecule has 0 atom stereocenters. The van der Waals surface area contributed by atoms with Crippen molar-refractivity contribution in [3.05, 3.63) is 29.0 Å². The second-order valence-corrected chi connectivity index (χ2v) is 6.94. The van der Waals surface area contributed by atoms with Gasteiger partial charge in [-0.15, -0.1) is 0 Å². The molecule has 2 rings (SSSR count). The molecule has 0 aliphatic carbocycles. The molecule has 1 fully saturated rings. The van der Waals surface area contributed by atoms with Crippen LogP contribution in [0.5, 0.6) is 0 Å². The molecule has 0 aromatic heterocycles. The molecule has 1 aliphatic heterocycles. The van der Waals surface area contributed by atoms with Crippen molar-refractivity contribution in [2.24, 2.45) is 5.92 Å². The normalized spacial score (nSPS) is 17.4. The molecule has 106 valence electrons. The Kier molecular flexibility index (Phi) is 4.65. The predicted octanol–water partition coefficient (Wildman–Crippen LogP) is 2.22. The summed E-state index contributed by atoms with van der Waals surface area (Å²) in [6.45, 7) is 1.68. The van der Waals surface area contributed by atoms with Crippen molar-refractivity contribution in [3.63, 3.8) is 0 Å². The summed E-state index contributed by atoms with van der Waals surface area (Å²) in [6, 6.07) is 3.64. The standard InChI is InChI=1S/C12H16ClFN2O2S/c13-10-5-11(14)7-12(6-10)16-19(17,18)8-9-1-3-15-4-2-9/h5-7,9,15-16H,1-4,8H2. The number of rotatable bonds is 4. The average Bonchev–Trinajstić information content (AvgIpc) is 2.27. The molecular formula is C12H16ClFN2O2S. The second kappa shape index (κ2) is 6.07. The van der Waals surface area contributed by atoms with Gasteiger partial charge in [0.2, 0.25) is 10.0 Å². The highest BCUT2D eigenvalue weighted by Gasteiger charge is 2.21. The SMILES string of the molecule is O=S(=O)(CC1CCNCC1)Nc1cc(F)cc(Cl)c1. The number of anilines is 1. The number of hydrogen-bond acceptors (Lipinski definition) is 3. The quantitative estimate of drug-likeness (QED) is 0.897. The van der Waals surface area contributed by atoms with Crippen LogP contribution in [0.15, 0.2) is 18.2 Å². The van der Waals surface area contributed by atoms with Crippen LogP contribution in [0.2, 0.25) is 5.02 Å². The number of piperidine rings is 1. The maximum atomic E-state index is 13.1. The fourth-order valence-corrected chi connectivity index (χ4v) is 3.93. The molecule has 1 aromatic carbocycles. The van der Waals surface area contributed by atoms with Gasteiger partial charge in [0.05, 0.1) is 11.4 Å². The van der Waals surface area contributed by atoms with Crippen LogP contribution in [0.1, 0.15) is 12.8 Å². The number of hydrogen-bond donors (Lipinski definition) is 2. The minimum Gasteiger partial charge on any atom is -0.317 e. The fourth-order valence-electron chi connectivity index (χ4n) is 2.19. The van der Waals surface area contributed by atoms with Gasteiger partial charge < -0.3 is 5.32 Å². The molecule has 1 saturated heterocycles. The molecule has 0 saturated carbocycles. The molecule has 7 heteroatoms. The van der Waals surface area contributed by atoms with Crippen molar-refractivity contribution < 1.29 is 12.8 Å². The van der Waals surface area contributed by atoms with E-state index in [4.69, 9.17) is 11.6 Å². The van der Waals surface area contributed by atoms with Crippen molar-refractivity contribution >= 4 is 27.3 Å². The maximum Gasteiger partial charge on any atom is 0.232 e. The summed E-state index contributed by atoms with van der Waals surface area (Å²) in [5, 5.41) is 3.35. The first-order valence-corrected chi connectivity index (χ1v) is 8.15. The molecule has 0 amide bonds. The number of benzene rings is 1. The van der Waals surface area contributed by atoms with Crippen LogP contribution >= 0.6 is 11.6 Å². The van der Waals surface area contributed by atoms with Crippen molar-refractivity contribution in [2.75, 3.05) is 23.6 Å². The Morgan fingerprint density at radius 3 is 2.63 bits per heavy atom. The fraction of sp³-hybridized carbons (Fsp3) is 0.500. The largest absolute Gasteiger partial charge is 0.317 e. The molecule has 1 heterocycles. The van der Waals surface area contributed by atoms with Gasteiger partial charge in [-0.3, -0.25) is 4.72 Å². The lowest BCUT2D eigenvalue weighted by Crippen LogP contribution is -2.33. The molecule has 1 aliphatic rings. The van der Waals surface area contributed by atoms with Crippen LogP contribution in [0.3, 0.4) is 0 Å². The van der Waals surface area contributed by atoms with Crippen LogP contribution in [0.4, 0.5) is 10.1 Å². The second-order valence-electron chi connectivity index (χ2n) is 4.73. The first-order chi connectivity index (χ1) is 8.94. The van der Waals surface area contributed by atoms with E-state index in [2.05, 4.69) is 10.0 Å². The maximum absolute atomic E-state index is 13.1. The Bertz CT molecular complexity index is 524. The van der Waals surface area contributed by atoms with E-state index >= 15 is 0 Å². The van der Waals surface area contributed by atoms with E-state index < -0.39 is 15.8 Å². The van der Waals surface area contributed by atoms with E-state index in [1.807, 2.05) is 0 Å². The Hall–Kier alpha value is -0.850. The van der Waals surface area contributed by atoms with Crippen molar-refractivity contribution in [1.82, 2.24) is 5.32 Å². The Balaban J connectivity index is 2.03. The van der Waals surface area contributed by atoms with E-state index in [0.29, 0.717) is 0 Å². The van der Waals surface area contributed by atoms with Gasteiger partial charge in [-0.2, -0.15) is 0 Å².